The Bertz CT molecular complexity index is 155. The molecule has 1 atom stereocenters. The fourth-order valence-electron chi connectivity index (χ4n) is 2.05. The summed E-state index contributed by atoms with van der Waals surface area (Å²) in [5, 5.41) is 0. The van der Waals surface area contributed by atoms with E-state index in [1.165, 1.54) is 45.1 Å². The SMILES string of the molecule is CC[C@H](CCCCN(C)C)CCC(C)(C)C. The molecule has 0 fully saturated rings. The summed E-state index contributed by atoms with van der Waals surface area (Å²) < 4.78 is 0. The van der Waals surface area contributed by atoms with Crippen LogP contribution in [0.4, 0.5) is 0 Å². The molecule has 0 aliphatic carbocycles. The van der Waals surface area contributed by atoms with Gasteiger partial charge in [0.1, 0.15) is 0 Å². The van der Waals surface area contributed by atoms with E-state index in [9.17, 15) is 0 Å². The van der Waals surface area contributed by atoms with E-state index in [4.69, 9.17) is 0 Å². The van der Waals surface area contributed by atoms with E-state index in [-0.39, 0.29) is 0 Å². The number of rotatable bonds is 8. The van der Waals surface area contributed by atoms with Gasteiger partial charge in [-0.3, -0.25) is 0 Å². The number of hydrogen-bond donors (Lipinski definition) is 0. The molecule has 0 N–H and O–H groups in total. The number of nitrogens with zero attached hydrogens (tertiary/aromatic N) is 1. The van der Waals surface area contributed by atoms with Gasteiger partial charge in [-0.15, -0.1) is 0 Å². The second kappa shape index (κ2) is 8.11. The first-order chi connectivity index (χ1) is 7.35. The summed E-state index contributed by atoms with van der Waals surface area (Å²) in [6, 6.07) is 0. The highest BCUT2D eigenvalue weighted by Crippen LogP contribution is 2.27. The molecule has 0 aliphatic heterocycles. The summed E-state index contributed by atoms with van der Waals surface area (Å²) in [4.78, 5) is 2.29. The van der Waals surface area contributed by atoms with Crippen molar-refractivity contribution in [2.24, 2.45) is 11.3 Å². The molecule has 0 aliphatic rings. The predicted octanol–water partition coefficient (Wildman–Crippen LogP) is 4.57. The molecule has 0 amide bonds. The highest BCUT2D eigenvalue weighted by molar-refractivity contribution is 4.66. The molecular weight excluding hydrogens is 194 g/mol. The van der Waals surface area contributed by atoms with Crippen molar-refractivity contribution in [1.82, 2.24) is 4.90 Å². The summed E-state index contributed by atoms with van der Waals surface area (Å²) in [6.07, 6.45) is 8.35. The van der Waals surface area contributed by atoms with Gasteiger partial charge in [0, 0.05) is 0 Å². The molecule has 1 heteroatoms. The van der Waals surface area contributed by atoms with E-state index in [1.807, 2.05) is 0 Å². The highest BCUT2D eigenvalue weighted by Gasteiger charge is 2.13. The van der Waals surface area contributed by atoms with Gasteiger partial charge in [0.15, 0.2) is 0 Å². The van der Waals surface area contributed by atoms with Crippen molar-refractivity contribution >= 4 is 0 Å². The van der Waals surface area contributed by atoms with Gasteiger partial charge in [-0.2, -0.15) is 0 Å². The third kappa shape index (κ3) is 10.5. The lowest BCUT2D eigenvalue weighted by Crippen LogP contribution is -2.13. The minimum Gasteiger partial charge on any atom is -0.309 e. The van der Waals surface area contributed by atoms with Crippen LogP contribution in [0.3, 0.4) is 0 Å². The average molecular weight is 227 g/mol. The van der Waals surface area contributed by atoms with E-state index in [0.29, 0.717) is 5.41 Å². The Kier molecular flexibility index (Phi) is 8.09. The lowest BCUT2D eigenvalue weighted by atomic mass is 9.84. The average Bonchev–Trinajstić information content (AvgIpc) is 2.15. The Balaban J connectivity index is 3.59. The summed E-state index contributed by atoms with van der Waals surface area (Å²) in [7, 11) is 4.33. The largest absolute Gasteiger partial charge is 0.309 e. The predicted molar refractivity (Wildman–Crippen MR) is 74.9 cm³/mol. The zero-order valence-corrected chi connectivity index (χ0v) is 12.5. The lowest BCUT2D eigenvalue weighted by Gasteiger charge is -2.22. The van der Waals surface area contributed by atoms with Crippen LogP contribution >= 0.6 is 0 Å². The quantitative estimate of drug-likeness (QED) is 0.549. The van der Waals surface area contributed by atoms with Gasteiger partial charge in [0.05, 0.1) is 0 Å². The third-order valence-electron chi connectivity index (χ3n) is 3.35. The zero-order chi connectivity index (χ0) is 12.6. The maximum Gasteiger partial charge on any atom is -0.00248 e. The molecular formula is C15H33N. The fourth-order valence-corrected chi connectivity index (χ4v) is 2.05. The van der Waals surface area contributed by atoms with Crippen LogP contribution in [0.1, 0.15) is 66.2 Å². The zero-order valence-electron chi connectivity index (χ0n) is 12.5. The van der Waals surface area contributed by atoms with Crippen LogP contribution in [0.5, 0.6) is 0 Å². The van der Waals surface area contributed by atoms with Crippen LogP contribution in [-0.2, 0) is 0 Å². The smallest absolute Gasteiger partial charge is 0.00248 e. The van der Waals surface area contributed by atoms with Crippen LogP contribution in [0.25, 0.3) is 0 Å². The van der Waals surface area contributed by atoms with E-state index >= 15 is 0 Å². The summed E-state index contributed by atoms with van der Waals surface area (Å²) in [5.41, 5.74) is 0.511. The molecule has 0 aromatic rings. The molecule has 0 saturated carbocycles. The molecule has 0 saturated heterocycles. The van der Waals surface area contributed by atoms with E-state index in [0.717, 1.165) is 5.92 Å². The maximum atomic E-state index is 2.35. The molecule has 0 aromatic carbocycles. The third-order valence-corrected chi connectivity index (χ3v) is 3.35. The molecule has 0 unspecified atom stereocenters. The molecule has 0 rings (SSSR count). The van der Waals surface area contributed by atoms with Crippen molar-refractivity contribution in [3.63, 3.8) is 0 Å². The molecule has 0 aromatic heterocycles. The Hall–Kier alpha value is -0.0400. The van der Waals surface area contributed by atoms with Gasteiger partial charge in [-0.1, -0.05) is 47.0 Å². The second-order valence-corrected chi connectivity index (χ2v) is 6.67. The van der Waals surface area contributed by atoms with Crippen LogP contribution in [0, 0.1) is 11.3 Å². The van der Waals surface area contributed by atoms with Gasteiger partial charge in [-0.05, 0) is 51.2 Å². The van der Waals surface area contributed by atoms with E-state index < -0.39 is 0 Å². The molecule has 0 radical (unpaired) electrons. The molecule has 0 spiro atoms. The van der Waals surface area contributed by atoms with Gasteiger partial charge >= 0.3 is 0 Å². The minimum atomic E-state index is 0.511. The molecule has 16 heavy (non-hydrogen) atoms. The monoisotopic (exact) mass is 227 g/mol. The lowest BCUT2D eigenvalue weighted by molar-refractivity contribution is 0.299. The van der Waals surface area contributed by atoms with Gasteiger partial charge in [0.2, 0.25) is 0 Å². The van der Waals surface area contributed by atoms with Crippen molar-refractivity contribution in [3.05, 3.63) is 0 Å². The Labute approximate surface area is 104 Å². The van der Waals surface area contributed by atoms with Crippen molar-refractivity contribution in [2.45, 2.75) is 66.2 Å². The van der Waals surface area contributed by atoms with Crippen LogP contribution in [-0.4, -0.2) is 25.5 Å². The standard InChI is InChI=1S/C15H33N/c1-7-14(11-12-15(2,3)4)10-8-9-13-16(5)6/h14H,7-13H2,1-6H3/t14-/m1/s1. The molecule has 0 heterocycles. The highest BCUT2D eigenvalue weighted by atomic mass is 15.0. The maximum absolute atomic E-state index is 2.35. The Morgan fingerprint density at radius 2 is 1.62 bits per heavy atom. The van der Waals surface area contributed by atoms with E-state index in [1.54, 1.807) is 0 Å². The Morgan fingerprint density at radius 3 is 2.06 bits per heavy atom. The van der Waals surface area contributed by atoms with Crippen LogP contribution < -0.4 is 0 Å². The van der Waals surface area contributed by atoms with Gasteiger partial charge in [0.25, 0.3) is 0 Å². The van der Waals surface area contributed by atoms with Crippen molar-refractivity contribution < 1.29 is 0 Å². The number of unbranched alkanes of at least 4 members (excludes halogenated alkanes) is 1. The fraction of sp³-hybridized carbons (Fsp3) is 1.00. The minimum absolute atomic E-state index is 0.511. The van der Waals surface area contributed by atoms with Crippen molar-refractivity contribution in [2.75, 3.05) is 20.6 Å². The first-order valence-corrected chi connectivity index (χ1v) is 7.00. The molecule has 0 bridgehead atoms. The summed E-state index contributed by atoms with van der Waals surface area (Å²) >= 11 is 0. The normalized spacial score (nSPS) is 14.4. The van der Waals surface area contributed by atoms with Crippen LogP contribution in [0.2, 0.25) is 0 Å². The topological polar surface area (TPSA) is 3.24 Å². The summed E-state index contributed by atoms with van der Waals surface area (Å²) in [5.74, 6) is 0.960. The molecule has 98 valence electrons. The summed E-state index contributed by atoms with van der Waals surface area (Å²) in [6.45, 7) is 10.7. The second-order valence-electron chi connectivity index (χ2n) is 6.67. The van der Waals surface area contributed by atoms with Crippen molar-refractivity contribution in [1.29, 1.82) is 0 Å². The Morgan fingerprint density at radius 1 is 1.00 bits per heavy atom. The van der Waals surface area contributed by atoms with Gasteiger partial charge in [-0.25, -0.2) is 0 Å². The molecule has 1 nitrogen and oxygen atoms in total. The van der Waals surface area contributed by atoms with E-state index in [2.05, 4.69) is 46.7 Å². The first kappa shape index (κ1) is 16.0. The first-order valence-electron chi connectivity index (χ1n) is 7.00. The van der Waals surface area contributed by atoms with Crippen molar-refractivity contribution in [3.8, 4) is 0 Å². The van der Waals surface area contributed by atoms with Gasteiger partial charge < -0.3 is 4.90 Å². The van der Waals surface area contributed by atoms with Crippen LogP contribution in [0.15, 0.2) is 0 Å². The number of hydrogen-bond acceptors (Lipinski definition) is 1.